The van der Waals surface area contributed by atoms with Crippen LogP contribution in [0, 0.1) is 11.8 Å². The van der Waals surface area contributed by atoms with Crippen molar-refractivity contribution in [2.45, 2.75) is 31.0 Å². The molecule has 32 heavy (non-hydrogen) atoms. The summed E-state index contributed by atoms with van der Waals surface area (Å²) in [6.45, 7) is 0.146. The first-order chi connectivity index (χ1) is 15.0. The molecule has 0 bridgehead atoms. The highest BCUT2D eigenvalue weighted by Crippen LogP contribution is 2.53. The number of Topliss-reactive ketones (excluding diaryl/α,β-unsaturated/α-hetero) is 2. The summed E-state index contributed by atoms with van der Waals surface area (Å²) >= 11 is 0. The van der Waals surface area contributed by atoms with E-state index in [1.165, 1.54) is 11.0 Å². The predicted octanol–water partition coefficient (Wildman–Crippen LogP) is -1.25. The predicted molar refractivity (Wildman–Crippen MR) is 113 cm³/mol. The van der Waals surface area contributed by atoms with E-state index in [2.05, 4.69) is 0 Å². The van der Waals surface area contributed by atoms with Crippen LogP contribution in [0.25, 0.3) is 0 Å². The number of amides is 1. The first-order valence-electron chi connectivity index (χ1n) is 10.2. The minimum absolute atomic E-state index is 0.0145. The molecule has 2 unspecified atom stereocenters. The van der Waals surface area contributed by atoms with Crippen LogP contribution in [0.1, 0.15) is 27.9 Å². The molecule has 0 saturated heterocycles. The Morgan fingerprint density at radius 2 is 1.94 bits per heavy atom. The van der Waals surface area contributed by atoms with Crippen LogP contribution in [0.3, 0.4) is 0 Å². The molecule has 0 fully saturated rings. The minimum Gasteiger partial charge on any atom is -0.594 e. The smallest absolute Gasteiger partial charge is 0.277 e. The van der Waals surface area contributed by atoms with Crippen molar-refractivity contribution in [1.82, 2.24) is 4.90 Å². The van der Waals surface area contributed by atoms with Crippen LogP contribution >= 0.6 is 0 Å². The molecule has 9 N–H and O–H groups in total. The van der Waals surface area contributed by atoms with Crippen molar-refractivity contribution in [3.05, 3.63) is 51.5 Å². The Labute approximate surface area is 183 Å². The lowest BCUT2D eigenvalue weighted by Crippen LogP contribution is -2.62. The number of carbonyl (C=O) groups is 3. The fourth-order valence-electron chi connectivity index (χ4n) is 5.53. The zero-order chi connectivity index (χ0) is 23.7. The number of primary amides is 1. The topological polar surface area (TPSA) is 190 Å². The van der Waals surface area contributed by atoms with Crippen LogP contribution in [-0.4, -0.2) is 68.5 Å². The molecule has 0 spiro atoms. The molecule has 3 aliphatic rings. The number of aliphatic hydroxyl groups excluding tert-OH is 1. The molecule has 1 aromatic carbocycles. The number of benzene rings is 1. The number of carbonyl (C=O) groups excluding carboxylic acids is 3. The van der Waals surface area contributed by atoms with Gasteiger partial charge in [0.05, 0.1) is 17.2 Å². The van der Waals surface area contributed by atoms with E-state index in [1.54, 1.807) is 20.2 Å². The Kier molecular flexibility index (Phi) is 4.92. The molecule has 10 heteroatoms. The summed E-state index contributed by atoms with van der Waals surface area (Å²) in [5.41, 5.74) is 9.11. The molecule has 0 radical (unpaired) electrons. The van der Waals surface area contributed by atoms with E-state index >= 15 is 0 Å². The number of likely N-dealkylation sites (N-methyl/N-ethyl adjacent to an activating group) is 1. The summed E-state index contributed by atoms with van der Waals surface area (Å²) in [5, 5.41) is 41.5. The second-order valence-corrected chi connectivity index (χ2v) is 8.79. The number of nitrogens with zero attached hydrogens (tertiary/aromatic N) is 1. The number of phenolic OH excluding ortho intramolecular Hbond substituents is 1. The van der Waals surface area contributed by atoms with Gasteiger partial charge in [0, 0.05) is 18.4 Å². The number of fused-ring (bicyclic) bond motifs is 3. The van der Waals surface area contributed by atoms with Crippen LogP contribution in [0.4, 0.5) is 0 Å². The largest absolute Gasteiger partial charge is 0.594 e. The van der Waals surface area contributed by atoms with Crippen molar-refractivity contribution in [3.63, 3.8) is 0 Å². The van der Waals surface area contributed by atoms with Gasteiger partial charge in [0.15, 0.2) is 11.5 Å². The highest BCUT2D eigenvalue weighted by Gasteiger charge is 2.65. The lowest BCUT2D eigenvalue weighted by molar-refractivity contribution is -0.136. The van der Waals surface area contributed by atoms with Gasteiger partial charge in [0.25, 0.3) is 11.7 Å². The number of allylic oxidation sites excluding steroid dienone is 1. The molecule has 0 aliphatic heterocycles. The number of ketones is 2. The number of nitrogens with two attached hydrogens (primary N) is 2. The van der Waals surface area contributed by atoms with E-state index in [0.29, 0.717) is 11.1 Å². The monoisotopic (exact) mass is 444 g/mol. The third kappa shape index (κ3) is 2.66. The van der Waals surface area contributed by atoms with Gasteiger partial charge >= 0.3 is 0 Å². The third-order valence-corrected chi connectivity index (χ3v) is 6.96. The van der Waals surface area contributed by atoms with Gasteiger partial charge < -0.3 is 31.9 Å². The number of hydrogen-bond acceptors (Lipinski definition) is 8. The van der Waals surface area contributed by atoms with E-state index < -0.39 is 58.0 Å². The Hall–Kier alpha value is -3.21. The van der Waals surface area contributed by atoms with E-state index in [1.807, 2.05) is 0 Å². The van der Waals surface area contributed by atoms with Crippen molar-refractivity contribution < 1.29 is 34.8 Å². The Balaban J connectivity index is 2.00. The maximum Gasteiger partial charge on any atom is 0.277 e. The molecule has 4 rings (SSSR count). The lowest BCUT2D eigenvalue weighted by Gasteiger charge is -2.48. The van der Waals surface area contributed by atoms with Crippen LogP contribution < -0.4 is 11.5 Å². The third-order valence-electron chi connectivity index (χ3n) is 6.96. The average Bonchev–Trinajstić information content (AvgIpc) is 2.70. The number of hydrogen-bond donors (Lipinski definition) is 5. The zero-order valence-electron chi connectivity index (χ0n) is 17.7. The second-order valence-electron chi connectivity index (χ2n) is 8.79. The highest BCUT2D eigenvalue weighted by molar-refractivity contribution is 6.22. The summed E-state index contributed by atoms with van der Waals surface area (Å²) in [5.74, 6) is -6.02. The van der Waals surface area contributed by atoms with E-state index in [0.717, 1.165) is 0 Å². The summed E-state index contributed by atoms with van der Waals surface area (Å²) in [6, 6.07) is 1.94. The molecule has 4 atom stereocenters. The molecule has 1 amide bonds. The molecule has 0 saturated carbocycles. The number of aliphatic hydroxyl groups is 2. The van der Waals surface area contributed by atoms with Gasteiger partial charge in [-0.2, -0.15) is 0 Å². The fourth-order valence-corrected chi connectivity index (χ4v) is 5.53. The summed E-state index contributed by atoms with van der Waals surface area (Å²) in [6.07, 6.45) is 0.359. The number of phenols is 1. The molecule has 170 valence electrons. The molecule has 1 aromatic rings. The van der Waals surface area contributed by atoms with E-state index in [9.17, 15) is 29.7 Å². The maximum absolute atomic E-state index is 13.4. The quantitative estimate of drug-likeness (QED) is 0.282. The lowest BCUT2D eigenvalue weighted by atomic mass is 9.59. The Bertz CT molecular complexity index is 1140. The first kappa shape index (κ1) is 22.0. The Morgan fingerprint density at radius 3 is 2.50 bits per heavy atom. The number of aromatic hydroxyl groups is 1. The van der Waals surface area contributed by atoms with Crippen molar-refractivity contribution in [1.29, 1.82) is 0 Å². The molecule has 0 heterocycles. The van der Waals surface area contributed by atoms with Gasteiger partial charge in [-0.1, -0.05) is 6.07 Å². The average molecular weight is 444 g/mol. The summed E-state index contributed by atoms with van der Waals surface area (Å²) < 4.78 is 0. The summed E-state index contributed by atoms with van der Waals surface area (Å²) in [4.78, 5) is 39.9. The fraction of sp³-hybridized carbons (Fsp3) is 0.409. The van der Waals surface area contributed by atoms with Crippen molar-refractivity contribution in [3.8, 4) is 5.75 Å². The first-order valence-corrected chi connectivity index (χ1v) is 10.2. The van der Waals surface area contributed by atoms with Gasteiger partial charge in [-0.05, 0) is 44.1 Å². The van der Waals surface area contributed by atoms with Crippen molar-refractivity contribution in [2.75, 3.05) is 14.1 Å². The van der Waals surface area contributed by atoms with Gasteiger partial charge in [-0.15, -0.1) is 0 Å². The highest BCUT2D eigenvalue weighted by atomic mass is 16.4. The molecule has 10 nitrogen and oxygen atoms in total. The van der Waals surface area contributed by atoms with Gasteiger partial charge in [-0.25, -0.2) is 0 Å². The normalized spacial score (nSPS) is 29.7. The van der Waals surface area contributed by atoms with Crippen LogP contribution in [0.15, 0.2) is 34.8 Å². The zero-order valence-corrected chi connectivity index (χ0v) is 17.7. The standard InChI is InChI=1S/C22H25N3O7/c1-25(2)16-11-6-9-5-10-8(7-23)3-4-12(26)14(10)17(27)13(9)19(29)22(11,32)20(30)15(18(16)28)21(24)31/h3-4,9,11,16,26,29-30,32H,5-7,23H2,1-2H3,(H2,24,31)/p+1/t9?,11?,16-,22-/m0/s1. The SMILES string of the molecule is CN(C)[C@@H]1C(=O)C(C(N)=O)=C(O)[C@@]2(O)C([OH2+])=C3C(=O)c4c(O)ccc(CN)c4CC3CC12. The molecular formula is C22H26N3O7+. The van der Waals surface area contributed by atoms with Crippen LogP contribution in [-0.2, 0) is 22.6 Å². The van der Waals surface area contributed by atoms with Crippen LogP contribution in [0.5, 0.6) is 5.75 Å². The van der Waals surface area contributed by atoms with Gasteiger partial charge in [-0.3, -0.25) is 19.3 Å². The molecule has 3 aliphatic carbocycles. The van der Waals surface area contributed by atoms with Crippen molar-refractivity contribution >= 4 is 17.5 Å². The minimum atomic E-state index is -2.45. The van der Waals surface area contributed by atoms with Crippen molar-refractivity contribution in [2.24, 2.45) is 23.3 Å². The summed E-state index contributed by atoms with van der Waals surface area (Å²) in [7, 11) is 3.16. The molecule has 0 aromatic heterocycles. The van der Waals surface area contributed by atoms with E-state index in [4.69, 9.17) is 16.6 Å². The van der Waals surface area contributed by atoms with Crippen LogP contribution in [0.2, 0.25) is 0 Å². The van der Waals surface area contributed by atoms with Gasteiger partial charge in [0.2, 0.25) is 11.4 Å². The maximum atomic E-state index is 13.4. The molecular weight excluding hydrogens is 418 g/mol. The number of rotatable bonds is 3. The van der Waals surface area contributed by atoms with E-state index in [-0.39, 0.29) is 36.3 Å². The second kappa shape index (κ2) is 7.16. The van der Waals surface area contributed by atoms with Gasteiger partial charge in [0.1, 0.15) is 11.3 Å². The Morgan fingerprint density at radius 1 is 1.28 bits per heavy atom.